The van der Waals surface area contributed by atoms with Crippen LogP contribution in [0.5, 0.6) is 0 Å². The second-order valence-electron chi connectivity index (χ2n) is 3.85. The molecule has 1 rings (SSSR count). The SMILES string of the molecule is CO[C@@H]1[C@H](OC)[C@@H](OC)CO[C@@H]1COC(C)=O. The van der Waals surface area contributed by atoms with Gasteiger partial charge in [-0.15, -0.1) is 0 Å². The molecule has 1 aliphatic rings. The zero-order chi connectivity index (χ0) is 12.8. The maximum absolute atomic E-state index is 10.8. The van der Waals surface area contributed by atoms with E-state index >= 15 is 0 Å². The topological polar surface area (TPSA) is 63.2 Å². The van der Waals surface area contributed by atoms with Gasteiger partial charge in [-0.2, -0.15) is 0 Å². The van der Waals surface area contributed by atoms with E-state index in [1.165, 1.54) is 6.92 Å². The first-order valence-corrected chi connectivity index (χ1v) is 5.47. The minimum atomic E-state index is -0.341. The van der Waals surface area contributed by atoms with E-state index in [0.717, 1.165) is 0 Å². The minimum Gasteiger partial charge on any atom is -0.463 e. The summed E-state index contributed by atoms with van der Waals surface area (Å²) in [6, 6.07) is 0. The monoisotopic (exact) mass is 248 g/mol. The molecule has 0 unspecified atom stereocenters. The third kappa shape index (κ3) is 3.64. The highest BCUT2D eigenvalue weighted by molar-refractivity contribution is 5.65. The fourth-order valence-corrected chi connectivity index (χ4v) is 1.95. The molecular weight excluding hydrogens is 228 g/mol. The van der Waals surface area contributed by atoms with Gasteiger partial charge in [-0.25, -0.2) is 0 Å². The molecule has 0 bridgehead atoms. The summed E-state index contributed by atoms with van der Waals surface area (Å²) in [6.45, 7) is 1.90. The molecule has 0 aromatic carbocycles. The van der Waals surface area contributed by atoms with Crippen LogP contribution in [0.1, 0.15) is 6.92 Å². The molecular formula is C11H20O6. The van der Waals surface area contributed by atoms with Crippen LogP contribution in [-0.2, 0) is 28.5 Å². The van der Waals surface area contributed by atoms with Crippen LogP contribution >= 0.6 is 0 Å². The molecule has 0 saturated carbocycles. The van der Waals surface area contributed by atoms with Gasteiger partial charge < -0.3 is 23.7 Å². The van der Waals surface area contributed by atoms with E-state index in [-0.39, 0.29) is 37.0 Å². The quantitative estimate of drug-likeness (QED) is 0.638. The third-order valence-corrected chi connectivity index (χ3v) is 2.83. The Hall–Kier alpha value is -0.690. The zero-order valence-electron chi connectivity index (χ0n) is 10.7. The number of hydrogen-bond acceptors (Lipinski definition) is 6. The molecule has 1 heterocycles. The van der Waals surface area contributed by atoms with Crippen LogP contribution in [-0.4, -0.2) is 64.9 Å². The molecule has 6 nitrogen and oxygen atoms in total. The lowest BCUT2D eigenvalue weighted by Crippen LogP contribution is -2.56. The van der Waals surface area contributed by atoms with Crippen molar-refractivity contribution in [3.63, 3.8) is 0 Å². The highest BCUT2D eigenvalue weighted by Gasteiger charge is 2.41. The summed E-state index contributed by atoms with van der Waals surface area (Å²) < 4.78 is 26.5. The minimum absolute atomic E-state index is 0.157. The van der Waals surface area contributed by atoms with Gasteiger partial charge in [-0.3, -0.25) is 4.79 Å². The van der Waals surface area contributed by atoms with Crippen LogP contribution in [0, 0.1) is 0 Å². The number of rotatable bonds is 5. The fourth-order valence-electron chi connectivity index (χ4n) is 1.95. The zero-order valence-corrected chi connectivity index (χ0v) is 10.7. The molecule has 0 radical (unpaired) electrons. The maximum Gasteiger partial charge on any atom is 0.302 e. The Bertz CT molecular complexity index is 244. The lowest BCUT2D eigenvalue weighted by Gasteiger charge is -2.40. The van der Waals surface area contributed by atoms with Gasteiger partial charge >= 0.3 is 5.97 Å². The number of esters is 1. The average Bonchev–Trinajstić information content (AvgIpc) is 2.34. The van der Waals surface area contributed by atoms with E-state index < -0.39 is 0 Å². The smallest absolute Gasteiger partial charge is 0.302 e. The predicted octanol–water partition coefficient (Wildman–Crippen LogP) is -0.00670. The third-order valence-electron chi connectivity index (χ3n) is 2.83. The fraction of sp³-hybridized carbons (Fsp3) is 0.909. The molecule has 17 heavy (non-hydrogen) atoms. The van der Waals surface area contributed by atoms with Gasteiger partial charge in [0.05, 0.1) is 6.61 Å². The molecule has 4 atom stereocenters. The first-order chi connectivity index (χ1) is 8.13. The summed E-state index contributed by atoms with van der Waals surface area (Å²) in [4.78, 5) is 10.8. The first kappa shape index (κ1) is 14.4. The number of methoxy groups -OCH3 is 3. The van der Waals surface area contributed by atoms with Crippen molar-refractivity contribution in [1.29, 1.82) is 0 Å². The lowest BCUT2D eigenvalue weighted by atomic mass is 10.00. The molecule has 1 aliphatic heterocycles. The Kier molecular flexibility index (Phi) is 5.84. The maximum atomic E-state index is 10.8. The lowest BCUT2D eigenvalue weighted by molar-refractivity contribution is -0.221. The van der Waals surface area contributed by atoms with E-state index in [1.807, 2.05) is 0 Å². The Morgan fingerprint density at radius 3 is 2.29 bits per heavy atom. The Labute approximate surface area is 101 Å². The number of ether oxygens (including phenoxy) is 5. The van der Waals surface area contributed by atoms with Crippen LogP contribution in [0.2, 0.25) is 0 Å². The Morgan fingerprint density at radius 1 is 1.18 bits per heavy atom. The van der Waals surface area contributed by atoms with Gasteiger partial charge in [0.1, 0.15) is 31.0 Å². The Balaban J connectivity index is 2.63. The number of carbonyl (C=O) groups is 1. The van der Waals surface area contributed by atoms with Crippen molar-refractivity contribution in [1.82, 2.24) is 0 Å². The van der Waals surface area contributed by atoms with Gasteiger partial charge in [0, 0.05) is 28.3 Å². The summed E-state index contributed by atoms with van der Waals surface area (Å²) in [5.41, 5.74) is 0. The number of hydrogen-bond donors (Lipinski definition) is 0. The van der Waals surface area contributed by atoms with Gasteiger partial charge in [0.2, 0.25) is 0 Å². The molecule has 0 spiro atoms. The van der Waals surface area contributed by atoms with Crippen LogP contribution < -0.4 is 0 Å². The molecule has 0 aromatic rings. The number of carbonyl (C=O) groups excluding carboxylic acids is 1. The molecule has 0 N–H and O–H groups in total. The molecule has 0 amide bonds. The van der Waals surface area contributed by atoms with Crippen molar-refractivity contribution in [2.24, 2.45) is 0 Å². The molecule has 6 heteroatoms. The van der Waals surface area contributed by atoms with E-state index in [1.54, 1.807) is 21.3 Å². The van der Waals surface area contributed by atoms with Crippen LogP contribution in [0.25, 0.3) is 0 Å². The van der Waals surface area contributed by atoms with E-state index in [0.29, 0.717) is 6.61 Å². The van der Waals surface area contributed by atoms with E-state index in [4.69, 9.17) is 23.7 Å². The molecule has 100 valence electrons. The van der Waals surface area contributed by atoms with Gasteiger partial charge in [-0.1, -0.05) is 0 Å². The first-order valence-electron chi connectivity index (χ1n) is 5.47. The standard InChI is InChI=1S/C11H20O6/c1-7(12)16-6-9-11(15-4)10(14-3)8(13-2)5-17-9/h8-11H,5-6H2,1-4H3/t8-,9+,10+,11-/m0/s1. The van der Waals surface area contributed by atoms with Crippen LogP contribution in [0.3, 0.4) is 0 Å². The summed E-state index contributed by atoms with van der Waals surface area (Å²) in [7, 11) is 4.76. The van der Waals surface area contributed by atoms with E-state index in [2.05, 4.69) is 0 Å². The van der Waals surface area contributed by atoms with Crippen LogP contribution in [0.15, 0.2) is 0 Å². The molecule has 1 saturated heterocycles. The average molecular weight is 248 g/mol. The summed E-state index contributed by atoms with van der Waals surface area (Å²) >= 11 is 0. The summed E-state index contributed by atoms with van der Waals surface area (Å²) in [5, 5.41) is 0. The van der Waals surface area contributed by atoms with Gasteiger partial charge in [-0.05, 0) is 0 Å². The van der Waals surface area contributed by atoms with Crippen LogP contribution in [0.4, 0.5) is 0 Å². The van der Waals surface area contributed by atoms with Crippen molar-refractivity contribution in [2.75, 3.05) is 34.5 Å². The van der Waals surface area contributed by atoms with E-state index in [9.17, 15) is 4.79 Å². The molecule has 0 aliphatic carbocycles. The van der Waals surface area contributed by atoms with Crippen molar-refractivity contribution in [2.45, 2.75) is 31.3 Å². The van der Waals surface area contributed by atoms with Crippen molar-refractivity contribution < 1.29 is 28.5 Å². The Morgan fingerprint density at radius 2 is 1.82 bits per heavy atom. The van der Waals surface area contributed by atoms with Crippen molar-refractivity contribution in [3.05, 3.63) is 0 Å². The highest BCUT2D eigenvalue weighted by Crippen LogP contribution is 2.22. The predicted molar refractivity (Wildman–Crippen MR) is 58.8 cm³/mol. The summed E-state index contributed by atoms with van der Waals surface area (Å²) in [5.74, 6) is -0.341. The summed E-state index contributed by atoms with van der Waals surface area (Å²) in [6.07, 6.45) is -1.07. The van der Waals surface area contributed by atoms with Crippen molar-refractivity contribution >= 4 is 5.97 Å². The van der Waals surface area contributed by atoms with Gasteiger partial charge in [0.25, 0.3) is 0 Å². The molecule has 1 fully saturated rings. The normalized spacial score (nSPS) is 33.4. The van der Waals surface area contributed by atoms with Crippen molar-refractivity contribution in [3.8, 4) is 0 Å². The second-order valence-corrected chi connectivity index (χ2v) is 3.85. The van der Waals surface area contributed by atoms with Gasteiger partial charge in [0.15, 0.2) is 0 Å². The highest BCUT2D eigenvalue weighted by atomic mass is 16.6. The largest absolute Gasteiger partial charge is 0.463 e. The second kappa shape index (κ2) is 6.90. The molecule has 0 aromatic heterocycles.